The summed E-state index contributed by atoms with van der Waals surface area (Å²) in [7, 11) is 0. The lowest BCUT2D eigenvalue weighted by molar-refractivity contribution is -0.0306. The largest absolute Gasteiger partial charge is 0.464 e. The van der Waals surface area contributed by atoms with E-state index in [1.54, 1.807) is 6.26 Å². The summed E-state index contributed by atoms with van der Waals surface area (Å²) in [5.74, 6) is 0.00971. The van der Waals surface area contributed by atoms with Crippen molar-refractivity contribution in [2.45, 2.75) is 12.5 Å². The molecule has 1 saturated heterocycles. The van der Waals surface area contributed by atoms with Crippen LogP contribution in [0.25, 0.3) is 32.9 Å². The number of morpholine rings is 1. The Balaban J connectivity index is 1.41. The zero-order valence-corrected chi connectivity index (χ0v) is 16.6. The van der Waals surface area contributed by atoms with Crippen molar-refractivity contribution >= 4 is 27.6 Å². The van der Waals surface area contributed by atoms with E-state index in [9.17, 15) is 4.79 Å². The van der Waals surface area contributed by atoms with Crippen LogP contribution in [0.3, 0.4) is 0 Å². The van der Waals surface area contributed by atoms with Gasteiger partial charge in [-0.05, 0) is 58.7 Å². The Kier molecular flexibility index (Phi) is 4.99. The second-order valence-electron chi connectivity index (χ2n) is 7.71. The monoisotopic (exact) mass is 401 g/mol. The first-order chi connectivity index (χ1) is 14.7. The molecule has 4 aromatic rings. The van der Waals surface area contributed by atoms with Crippen molar-refractivity contribution in [3.8, 4) is 11.1 Å². The summed E-state index contributed by atoms with van der Waals surface area (Å²) in [6, 6.07) is 20.3. The lowest BCUT2D eigenvalue weighted by atomic mass is 9.99. The average Bonchev–Trinajstić information content (AvgIpc) is 3.26. The van der Waals surface area contributed by atoms with Crippen LogP contribution >= 0.6 is 0 Å². The molecule has 0 aliphatic carbocycles. The van der Waals surface area contributed by atoms with Crippen LogP contribution in [-0.4, -0.2) is 48.3 Å². The van der Waals surface area contributed by atoms with E-state index in [1.807, 2.05) is 29.2 Å². The minimum absolute atomic E-state index is 0.00971. The van der Waals surface area contributed by atoms with Crippen molar-refractivity contribution in [1.29, 1.82) is 0 Å². The predicted octanol–water partition coefficient (Wildman–Crippen LogP) is 4.48. The minimum atomic E-state index is -0.0952. The van der Waals surface area contributed by atoms with E-state index in [2.05, 4.69) is 36.4 Å². The average molecular weight is 401 g/mol. The highest BCUT2D eigenvalue weighted by atomic mass is 16.5. The summed E-state index contributed by atoms with van der Waals surface area (Å²) in [5.41, 5.74) is 3.76. The van der Waals surface area contributed by atoms with Gasteiger partial charge >= 0.3 is 0 Å². The first-order valence-electron chi connectivity index (χ1n) is 10.2. The van der Waals surface area contributed by atoms with E-state index in [-0.39, 0.29) is 18.6 Å². The van der Waals surface area contributed by atoms with E-state index in [0.29, 0.717) is 31.7 Å². The van der Waals surface area contributed by atoms with Gasteiger partial charge < -0.3 is 19.2 Å². The molecule has 1 aliphatic rings. The molecular weight excluding hydrogens is 378 g/mol. The van der Waals surface area contributed by atoms with Gasteiger partial charge in [0.05, 0.1) is 19.0 Å². The van der Waals surface area contributed by atoms with E-state index < -0.39 is 0 Å². The Labute approximate surface area is 174 Å². The molecule has 0 radical (unpaired) electrons. The third kappa shape index (κ3) is 3.58. The minimum Gasteiger partial charge on any atom is -0.464 e. The normalized spacial score (nSPS) is 17.0. The van der Waals surface area contributed by atoms with Crippen molar-refractivity contribution < 1.29 is 19.1 Å². The maximum atomic E-state index is 13.0. The second kappa shape index (κ2) is 7.94. The fraction of sp³-hybridized carbons (Fsp3) is 0.240. The van der Waals surface area contributed by atoms with Gasteiger partial charge in [-0.25, -0.2) is 0 Å². The predicted molar refractivity (Wildman–Crippen MR) is 117 cm³/mol. The number of carbonyl (C=O) groups excluding carboxylic acids is 1. The van der Waals surface area contributed by atoms with Crippen LogP contribution in [0.2, 0.25) is 0 Å². The zero-order chi connectivity index (χ0) is 20.5. The standard InChI is InChI=1S/C25H23NO4/c27-10-7-23-16-26(9-12-29-23)25(28)22-6-5-18-13-19(3-4-20(18)14-22)21-2-1-17-8-11-30-24(17)15-21/h1-6,8,11,13-15,23,27H,7,9-10,12,16H2. The first kappa shape index (κ1) is 18.9. The number of carbonyl (C=O) groups is 1. The Hall–Kier alpha value is -3.15. The molecule has 1 atom stereocenters. The van der Waals surface area contributed by atoms with Gasteiger partial charge in [-0.2, -0.15) is 0 Å². The van der Waals surface area contributed by atoms with Crippen LogP contribution in [0.1, 0.15) is 16.8 Å². The summed E-state index contributed by atoms with van der Waals surface area (Å²) >= 11 is 0. The van der Waals surface area contributed by atoms with Crippen molar-refractivity contribution in [1.82, 2.24) is 4.90 Å². The highest BCUT2D eigenvalue weighted by Gasteiger charge is 2.24. The van der Waals surface area contributed by atoms with E-state index in [1.165, 1.54) is 0 Å². The van der Waals surface area contributed by atoms with Crippen LogP contribution in [0.4, 0.5) is 0 Å². The summed E-state index contributed by atoms with van der Waals surface area (Å²) in [6.45, 7) is 1.67. The second-order valence-corrected chi connectivity index (χ2v) is 7.71. The number of aliphatic hydroxyl groups excluding tert-OH is 1. The number of benzene rings is 3. The van der Waals surface area contributed by atoms with Crippen molar-refractivity contribution in [2.24, 2.45) is 0 Å². The van der Waals surface area contributed by atoms with E-state index in [0.717, 1.165) is 32.9 Å². The SMILES string of the molecule is O=C(c1ccc2cc(-c3ccc4ccoc4c3)ccc2c1)N1CCOC(CCO)C1. The Morgan fingerprint density at radius 2 is 1.73 bits per heavy atom. The van der Waals surface area contributed by atoms with Crippen molar-refractivity contribution in [2.75, 3.05) is 26.3 Å². The number of fused-ring (bicyclic) bond motifs is 2. The van der Waals surface area contributed by atoms with Crippen LogP contribution < -0.4 is 0 Å². The lowest BCUT2D eigenvalue weighted by Crippen LogP contribution is -2.45. The summed E-state index contributed by atoms with van der Waals surface area (Å²) in [6.07, 6.45) is 2.16. The van der Waals surface area contributed by atoms with Gasteiger partial charge in [-0.1, -0.05) is 30.3 Å². The molecule has 1 N–H and O–H groups in total. The zero-order valence-electron chi connectivity index (χ0n) is 16.6. The maximum Gasteiger partial charge on any atom is 0.254 e. The van der Waals surface area contributed by atoms with E-state index in [4.69, 9.17) is 14.3 Å². The smallest absolute Gasteiger partial charge is 0.254 e. The van der Waals surface area contributed by atoms with Crippen LogP contribution in [-0.2, 0) is 4.74 Å². The molecule has 0 saturated carbocycles. The molecule has 5 nitrogen and oxygen atoms in total. The molecule has 2 heterocycles. The van der Waals surface area contributed by atoms with Crippen LogP contribution in [0.15, 0.2) is 71.3 Å². The van der Waals surface area contributed by atoms with Gasteiger partial charge in [0.1, 0.15) is 5.58 Å². The van der Waals surface area contributed by atoms with Gasteiger partial charge in [0, 0.05) is 30.6 Å². The fourth-order valence-corrected chi connectivity index (χ4v) is 4.10. The molecule has 1 unspecified atom stereocenters. The number of aliphatic hydroxyl groups is 1. The third-order valence-corrected chi connectivity index (χ3v) is 5.75. The molecule has 1 aromatic heterocycles. The van der Waals surface area contributed by atoms with Gasteiger partial charge in [0.15, 0.2) is 0 Å². The molecular formula is C25H23NO4. The molecule has 1 aliphatic heterocycles. The number of rotatable bonds is 4. The topological polar surface area (TPSA) is 62.9 Å². The summed E-state index contributed by atoms with van der Waals surface area (Å²) < 4.78 is 11.1. The van der Waals surface area contributed by atoms with Gasteiger partial charge in [0.25, 0.3) is 5.91 Å². The van der Waals surface area contributed by atoms with E-state index >= 15 is 0 Å². The fourth-order valence-electron chi connectivity index (χ4n) is 4.10. The molecule has 5 rings (SSSR count). The number of furan rings is 1. The molecule has 1 fully saturated rings. The summed E-state index contributed by atoms with van der Waals surface area (Å²) in [5, 5.41) is 12.3. The molecule has 30 heavy (non-hydrogen) atoms. The number of hydrogen-bond donors (Lipinski definition) is 1. The number of amides is 1. The summed E-state index contributed by atoms with van der Waals surface area (Å²) in [4.78, 5) is 14.8. The van der Waals surface area contributed by atoms with Gasteiger partial charge in [-0.15, -0.1) is 0 Å². The Morgan fingerprint density at radius 1 is 0.967 bits per heavy atom. The highest BCUT2D eigenvalue weighted by molar-refractivity contribution is 5.99. The molecule has 3 aromatic carbocycles. The van der Waals surface area contributed by atoms with Gasteiger partial charge in [0.2, 0.25) is 0 Å². The first-order valence-corrected chi connectivity index (χ1v) is 10.2. The van der Waals surface area contributed by atoms with Crippen molar-refractivity contribution in [3.05, 3.63) is 72.5 Å². The number of hydrogen-bond acceptors (Lipinski definition) is 4. The number of ether oxygens (including phenoxy) is 1. The Bertz CT molecular complexity index is 1210. The molecule has 1 amide bonds. The van der Waals surface area contributed by atoms with Gasteiger partial charge in [-0.3, -0.25) is 4.79 Å². The molecule has 5 heteroatoms. The molecule has 152 valence electrons. The quantitative estimate of drug-likeness (QED) is 0.548. The molecule has 0 spiro atoms. The molecule has 0 bridgehead atoms. The highest BCUT2D eigenvalue weighted by Crippen LogP contribution is 2.28. The number of nitrogens with zero attached hydrogens (tertiary/aromatic N) is 1. The van der Waals surface area contributed by atoms with Crippen LogP contribution in [0, 0.1) is 0 Å². The van der Waals surface area contributed by atoms with Crippen LogP contribution in [0.5, 0.6) is 0 Å². The maximum absolute atomic E-state index is 13.0. The third-order valence-electron chi connectivity index (χ3n) is 5.75. The lowest BCUT2D eigenvalue weighted by Gasteiger charge is -2.32. The van der Waals surface area contributed by atoms with Crippen molar-refractivity contribution in [3.63, 3.8) is 0 Å². The Morgan fingerprint density at radius 3 is 2.60 bits per heavy atom.